The minimum absolute atomic E-state index is 0. The van der Waals surface area contributed by atoms with Gasteiger partial charge in [-0.05, 0) is 31.5 Å². The maximum Gasteiger partial charge on any atom is 0.237 e. The summed E-state index contributed by atoms with van der Waals surface area (Å²) in [7, 11) is 0. The third kappa shape index (κ3) is 5.61. The first-order valence-corrected chi connectivity index (χ1v) is 5.82. The van der Waals surface area contributed by atoms with E-state index < -0.39 is 5.91 Å². The molecule has 0 unspecified atom stereocenters. The lowest BCUT2D eigenvalue weighted by atomic mass is 10.1. The molecule has 0 aliphatic heterocycles. The number of primary amides is 1. The van der Waals surface area contributed by atoms with Crippen molar-refractivity contribution in [2.45, 2.75) is 26.3 Å². The quantitative estimate of drug-likeness (QED) is 0.790. The molecule has 1 rings (SSSR count). The Kier molecular flexibility index (Phi) is 6.93. The second-order valence-electron chi connectivity index (χ2n) is 4.50. The van der Waals surface area contributed by atoms with Crippen LogP contribution in [0.5, 0.6) is 0 Å². The predicted molar refractivity (Wildman–Crippen MR) is 77.8 cm³/mol. The third-order valence-corrected chi connectivity index (χ3v) is 2.60. The smallest absolute Gasteiger partial charge is 0.237 e. The Balaban J connectivity index is 0.00000324. The van der Waals surface area contributed by atoms with Crippen LogP contribution < -0.4 is 11.5 Å². The van der Waals surface area contributed by atoms with Crippen molar-refractivity contribution >= 4 is 29.9 Å². The highest BCUT2D eigenvalue weighted by Gasteiger charge is 2.18. The van der Waals surface area contributed by atoms with E-state index in [1.54, 1.807) is 24.3 Å². The minimum atomic E-state index is -0.505. The molecular formula is C13H20ClN3O2. The van der Waals surface area contributed by atoms with E-state index in [0.717, 1.165) is 5.56 Å². The van der Waals surface area contributed by atoms with Crippen molar-refractivity contribution in [2.75, 3.05) is 12.3 Å². The van der Waals surface area contributed by atoms with E-state index >= 15 is 0 Å². The van der Waals surface area contributed by atoms with Gasteiger partial charge in [0.2, 0.25) is 11.8 Å². The van der Waals surface area contributed by atoms with Crippen LogP contribution in [0, 0.1) is 0 Å². The number of amides is 2. The van der Waals surface area contributed by atoms with Gasteiger partial charge >= 0.3 is 0 Å². The molecular weight excluding hydrogens is 266 g/mol. The highest BCUT2D eigenvalue weighted by molar-refractivity contribution is 5.85. The Morgan fingerprint density at radius 3 is 2.16 bits per heavy atom. The van der Waals surface area contributed by atoms with E-state index in [-0.39, 0.29) is 37.3 Å². The highest BCUT2D eigenvalue weighted by Crippen LogP contribution is 2.09. The molecule has 1 aromatic carbocycles. The number of carbonyl (C=O) groups excluding carboxylic acids is 2. The molecule has 5 nitrogen and oxygen atoms in total. The van der Waals surface area contributed by atoms with Gasteiger partial charge in [-0.25, -0.2) is 0 Å². The van der Waals surface area contributed by atoms with E-state index in [4.69, 9.17) is 11.5 Å². The van der Waals surface area contributed by atoms with E-state index in [0.29, 0.717) is 5.69 Å². The Labute approximate surface area is 119 Å². The SMILES string of the molecule is CC(C)N(CC(N)=O)C(=O)Cc1ccc(N)cc1.Cl. The molecule has 1 aromatic rings. The van der Waals surface area contributed by atoms with Crippen molar-refractivity contribution in [3.05, 3.63) is 29.8 Å². The first kappa shape index (κ1) is 17.2. The van der Waals surface area contributed by atoms with Crippen molar-refractivity contribution in [3.63, 3.8) is 0 Å². The van der Waals surface area contributed by atoms with E-state index in [1.807, 2.05) is 13.8 Å². The van der Waals surface area contributed by atoms with Crippen LogP contribution in [0.15, 0.2) is 24.3 Å². The van der Waals surface area contributed by atoms with Gasteiger partial charge in [-0.3, -0.25) is 9.59 Å². The molecule has 0 heterocycles. The maximum atomic E-state index is 12.1. The number of nitrogen functional groups attached to an aromatic ring is 1. The fourth-order valence-electron chi connectivity index (χ4n) is 1.64. The first-order chi connectivity index (χ1) is 8.40. The van der Waals surface area contributed by atoms with Gasteiger partial charge in [-0.1, -0.05) is 12.1 Å². The maximum absolute atomic E-state index is 12.1. The summed E-state index contributed by atoms with van der Waals surface area (Å²) in [5.74, 6) is -0.622. The van der Waals surface area contributed by atoms with Gasteiger partial charge in [0.25, 0.3) is 0 Å². The van der Waals surface area contributed by atoms with Crippen molar-refractivity contribution in [1.29, 1.82) is 0 Å². The summed E-state index contributed by atoms with van der Waals surface area (Å²) in [6, 6.07) is 7.04. The second kappa shape index (κ2) is 7.63. The lowest BCUT2D eigenvalue weighted by molar-refractivity contribution is -0.136. The summed E-state index contributed by atoms with van der Waals surface area (Å²) in [4.78, 5) is 24.5. The molecule has 0 bridgehead atoms. The van der Waals surface area contributed by atoms with Gasteiger partial charge in [0.1, 0.15) is 0 Å². The largest absolute Gasteiger partial charge is 0.399 e. The molecule has 0 aliphatic carbocycles. The van der Waals surface area contributed by atoms with Crippen LogP contribution in [-0.2, 0) is 16.0 Å². The van der Waals surface area contributed by atoms with Crippen LogP contribution >= 0.6 is 12.4 Å². The molecule has 19 heavy (non-hydrogen) atoms. The molecule has 2 amide bonds. The van der Waals surface area contributed by atoms with Crippen LogP contribution in [0.4, 0.5) is 5.69 Å². The number of rotatable bonds is 5. The van der Waals surface area contributed by atoms with Gasteiger partial charge in [0.05, 0.1) is 13.0 Å². The normalized spacial score (nSPS) is 9.84. The Bertz CT molecular complexity index is 432. The van der Waals surface area contributed by atoms with E-state index in [2.05, 4.69) is 0 Å². The first-order valence-electron chi connectivity index (χ1n) is 5.82. The van der Waals surface area contributed by atoms with E-state index in [1.165, 1.54) is 4.90 Å². The number of hydrogen-bond donors (Lipinski definition) is 2. The standard InChI is InChI=1S/C13H19N3O2.ClH/c1-9(2)16(8-12(15)17)13(18)7-10-3-5-11(14)6-4-10;/h3-6,9H,7-8,14H2,1-2H3,(H2,15,17);1H. The summed E-state index contributed by atoms with van der Waals surface area (Å²) in [5, 5.41) is 0. The monoisotopic (exact) mass is 285 g/mol. The summed E-state index contributed by atoms with van der Waals surface area (Å²) in [5.41, 5.74) is 12.2. The van der Waals surface area contributed by atoms with Gasteiger partial charge in [0.15, 0.2) is 0 Å². The van der Waals surface area contributed by atoms with Crippen molar-refractivity contribution in [3.8, 4) is 0 Å². The van der Waals surface area contributed by atoms with Gasteiger partial charge in [-0.15, -0.1) is 12.4 Å². The lowest BCUT2D eigenvalue weighted by Gasteiger charge is -2.25. The minimum Gasteiger partial charge on any atom is -0.399 e. The van der Waals surface area contributed by atoms with Crippen LogP contribution in [0.3, 0.4) is 0 Å². The van der Waals surface area contributed by atoms with Crippen LogP contribution in [0.2, 0.25) is 0 Å². The molecule has 0 aromatic heterocycles. The van der Waals surface area contributed by atoms with Gasteiger partial charge < -0.3 is 16.4 Å². The number of benzene rings is 1. The molecule has 0 radical (unpaired) electrons. The Morgan fingerprint density at radius 1 is 1.21 bits per heavy atom. The zero-order valence-electron chi connectivity index (χ0n) is 11.1. The molecule has 0 aliphatic rings. The molecule has 0 fully saturated rings. The number of anilines is 1. The number of hydrogen-bond acceptors (Lipinski definition) is 3. The zero-order valence-corrected chi connectivity index (χ0v) is 11.9. The fraction of sp³-hybridized carbons (Fsp3) is 0.385. The summed E-state index contributed by atoms with van der Waals surface area (Å²) in [6.07, 6.45) is 0.242. The molecule has 0 atom stereocenters. The fourth-order valence-corrected chi connectivity index (χ4v) is 1.64. The second-order valence-corrected chi connectivity index (χ2v) is 4.50. The van der Waals surface area contributed by atoms with Crippen molar-refractivity contribution in [1.82, 2.24) is 4.90 Å². The molecule has 0 saturated heterocycles. The van der Waals surface area contributed by atoms with Crippen LogP contribution in [0.1, 0.15) is 19.4 Å². The summed E-state index contributed by atoms with van der Waals surface area (Å²) < 4.78 is 0. The van der Waals surface area contributed by atoms with Gasteiger partial charge in [0, 0.05) is 11.7 Å². The topological polar surface area (TPSA) is 89.4 Å². The molecule has 4 N–H and O–H groups in total. The van der Waals surface area contributed by atoms with Crippen molar-refractivity contribution in [2.24, 2.45) is 5.73 Å². The average molecular weight is 286 g/mol. The predicted octanol–water partition coefficient (Wildman–Crippen LogP) is 0.955. The number of carbonyl (C=O) groups is 2. The summed E-state index contributed by atoms with van der Waals surface area (Å²) in [6.45, 7) is 3.65. The summed E-state index contributed by atoms with van der Waals surface area (Å²) >= 11 is 0. The van der Waals surface area contributed by atoms with Crippen LogP contribution in [0.25, 0.3) is 0 Å². The molecule has 106 valence electrons. The van der Waals surface area contributed by atoms with Crippen molar-refractivity contribution < 1.29 is 9.59 Å². The number of halogens is 1. The Hall–Kier alpha value is -1.75. The molecule has 6 heteroatoms. The molecule has 0 saturated carbocycles. The number of nitrogens with zero attached hydrogens (tertiary/aromatic N) is 1. The zero-order chi connectivity index (χ0) is 13.7. The Morgan fingerprint density at radius 2 is 1.74 bits per heavy atom. The van der Waals surface area contributed by atoms with E-state index in [9.17, 15) is 9.59 Å². The average Bonchev–Trinajstić information content (AvgIpc) is 2.28. The highest BCUT2D eigenvalue weighted by atomic mass is 35.5. The van der Waals surface area contributed by atoms with Gasteiger partial charge in [-0.2, -0.15) is 0 Å². The number of nitrogens with two attached hydrogens (primary N) is 2. The molecule has 0 spiro atoms. The third-order valence-electron chi connectivity index (χ3n) is 2.60. The van der Waals surface area contributed by atoms with Crippen LogP contribution in [-0.4, -0.2) is 29.3 Å². The lowest BCUT2D eigenvalue weighted by Crippen LogP contribution is -2.43.